The number of amides is 1. The number of carbonyl (C=O) groups excluding carboxylic acids is 2. The van der Waals surface area contributed by atoms with E-state index in [1.807, 2.05) is 38.1 Å². The van der Waals surface area contributed by atoms with Gasteiger partial charge in [-0.3, -0.25) is 14.5 Å². The summed E-state index contributed by atoms with van der Waals surface area (Å²) in [5.74, 6) is 0.0238. The van der Waals surface area contributed by atoms with Gasteiger partial charge < -0.3 is 14.6 Å². The van der Waals surface area contributed by atoms with E-state index in [9.17, 15) is 14.7 Å². The van der Waals surface area contributed by atoms with Crippen molar-refractivity contribution < 1.29 is 24.2 Å². The monoisotopic (exact) mass is 485 g/mol. The summed E-state index contributed by atoms with van der Waals surface area (Å²) in [7, 11) is 0. The third-order valence-electron chi connectivity index (χ3n) is 6.23. The fourth-order valence-corrected chi connectivity index (χ4v) is 4.38. The molecule has 0 radical (unpaired) electrons. The van der Waals surface area contributed by atoms with Gasteiger partial charge in [-0.2, -0.15) is 0 Å². The Bertz CT molecular complexity index is 1260. The summed E-state index contributed by atoms with van der Waals surface area (Å²) in [6, 6.07) is 20.9. The van der Waals surface area contributed by atoms with Crippen LogP contribution in [0.3, 0.4) is 0 Å². The van der Waals surface area contributed by atoms with E-state index in [4.69, 9.17) is 9.47 Å². The summed E-state index contributed by atoms with van der Waals surface area (Å²) < 4.78 is 11.0. The second-order valence-corrected chi connectivity index (χ2v) is 8.87. The molecule has 6 nitrogen and oxygen atoms in total. The van der Waals surface area contributed by atoms with Gasteiger partial charge in [0.2, 0.25) is 0 Å². The van der Waals surface area contributed by atoms with Crippen LogP contribution in [0.15, 0.2) is 78.4 Å². The van der Waals surface area contributed by atoms with E-state index in [1.54, 1.807) is 48.5 Å². The standard InChI is InChI=1S/C30H31NO5/c1-5-35-24-15-11-22(12-16-24)28(32)26-27(21-9-7-20(8-10-21)19(3)4)31(30(34)29(26)33)23-13-17-25(18-14-23)36-6-2/h7-19,27,32H,5-6H2,1-4H3/b28-26-. The smallest absolute Gasteiger partial charge is 0.300 e. The predicted octanol–water partition coefficient (Wildman–Crippen LogP) is 6.23. The van der Waals surface area contributed by atoms with Crippen LogP contribution in [0.4, 0.5) is 5.69 Å². The number of benzene rings is 3. The van der Waals surface area contributed by atoms with E-state index in [2.05, 4.69) is 13.8 Å². The van der Waals surface area contributed by atoms with Crippen LogP contribution in [0.25, 0.3) is 5.76 Å². The Labute approximate surface area is 211 Å². The minimum atomic E-state index is -0.782. The molecule has 186 valence electrons. The lowest BCUT2D eigenvalue weighted by Crippen LogP contribution is -2.29. The molecular weight excluding hydrogens is 454 g/mol. The van der Waals surface area contributed by atoms with E-state index in [-0.39, 0.29) is 11.3 Å². The van der Waals surface area contributed by atoms with Gasteiger partial charge in [0.25, 0.3) is 11.7 Å². The van der Waals surface area contributed by atoms with Gasteiger partial charge in [0.15, 0.2) is 0 Å². The maximum Gasteiger partial charge on any atom is 0.300 e. The largest absolute Gasteiger partial charge is 0.507 e. The lowest BCUT2D eigenvalue weighted by Gasteiger charge is -2.26. The molecular formula is C30H31NO5. The van der Waals surface area contributed by atoms with E-state index in [0.717, 1.165) is 11.1 Å². The average Bonchev–Trinajstić information content (AvgIpc) is 3.15. The lowest BCUT2D eigenvalue weighted by atomic mass is 9.93. The first-order chi connectivity index (χ1) is 17.3. The number of nitrogens with zero attached hydrogens (tertiary/aromatic N) is 1. The van der Waals surface area contributed by atoms with Crippen molar-refractivity contribution in [1.29, 1.82) is 0 Å². The Morgan fingerprint density at radius 3 is 1.86 bits per heavy atom. The fraction of sp³-hybridized carbons (Fsp3) is 0.267. The topological polar surface area (TPSA) is 76.1 Å². The molecule has 0 aliphatic carbocycles. The number of carbonyl (C=O) groups is 2. The molecule has 1 amide bonds. The first-order valence-corrected chi connectivity index (χ1v) is 12.2. The summed E-state index contributed by atoms with van der Waals surface area (Å²) in [4.78, 5) is 28.1. The van der Waals surface area contributed by atoms with Crippen molar-refractivity contribution in [1.82, 2.24) is 0 Å². The second-order valence-electron chi connectivity index (χ2n) is 8.87. The van der Waals surface area contributed by atoms with Gasteiger partial charge in [0.1, 0.15) is 17.3 Å². The van der Waals surface area contributed by atoms with Crippen LogP contribution >= 0.6 is 0 Å². The van der Waals surface area contributed by atoms with Crippen molar-refractivity contribution >= 4 is 23.1 Å². The number of rotatable bonds is 8. The van der Waals surface area contributed by atoms with Crippen molar-refractivity contribution in [3.8, 4) is 11.5 Å². The number of anilines is 1. The Morgan fingerprint density at radius 1 is 0.833 bits per heavy atom. The number of Topliss-reactive ketones (excluding diaryl/α,β-unsaturated/α-hetero) is 1. The van der Waals surface area contributed by atoms with Crippen molar-refractivity contribution in [3.05, 3.63) is 95.1 Å². The maximum absolute atomic E-state index is 13.3. The minimum absolute atomic E-state index is 0.0512. The molecule has 1 atom stereocenters. The molecule has 1 saturated heterocycles. The van der Waals surface area contributed by atoms with Crippen LogP contribution in [0.1, 0.15) is 56.3 Å². The van der Waals surface area contributed by atoms with Crippen LogP contribution in [-0.2, 0) is 9.59 Å². The second kappa shape index (κ2) is 10.7. The summed E-state index contributed by atoms with van der Waals surface area (Å²) >= 11 is 0. The zero-order valence-electron chi connectivity index (χ0n) is 21.0. The summed E-state index contributed by atoms with van der Waals surface area (Å²) in [5, 5.41) is 11.3. The van der Waals surface area contributed by atoms with Gasteiger partial charge in [-0.25, -0.2) is 0 Å². The number of hydrogen-bond acceptors (Lipinski definition) is 5. The molecule has 0 bridgehead atoms. The van der Waals surface area contributed by atoms with Crippen LogP contribution in [0, 0.1) is 0 Å². The highest BCUT2D eigenvalue weighted by atomic mass is 16.5. The summed E-state index contributed by atoms with van der Waals surface area (Å²) in [6.45, 7) is 9.04. The number of aliphatic hydroxyl groups is 1. The number of ether oxygens (including phenoxy) is 2. The molecule has 0 saturated carbocycles. The fourth-order valence-electron chi connectivity index (χ4n) is 4.38. The molecule has 3 aromatic rings. The van der Waals surface area contributed by atoms with Gasteiger partial charge in [0.05, 0.1) is 24.8 Å². The molecule has 3 aromatic carbocycles. The van der Waals surface area contributed by atoms with E-state index >= 15 is 0 Å². The number of hydrogen-bond donors (Lipinski definition) is 1. The first kappa shape index (κ1) is 25.0. The normalized spacial score (nSPS) is 17.0. The van der Waals surface area contributed by atoms with Crippen LogP contribution in [0.5, 0.6) is 11.5 Å². The van der Waals surface area contributed by atoms with Gasteiger partial charge in [-0.1, -0.05) is 38.1 Å². The van der Waals surface area contributed by atoms with Crippen molar-refractivity contribution in [2.75, 3.05) is 18.1 Å². The lowest BCUT2D eigenvalue weighted by molar-refractivity contribution is -0.132. The molecule has 1 aliphatic heterocycles. The van der Waals surface area contributed by atoms with Crippen LogP contribution < -0.4 is 14.4 Å². The van der Waals surface area contributed by atoms with Crippen LogP contribution in [0.2, 0.25) is 0 Å². The molecule has 1 fully saturated rings. The van der Waals surface area contributed by atoms with E-state index in [1.165, 1.54) is 4.90 Å². The highest BCUT2D eigenvalue weighted by Crippen LogP contribution is 2.42. The summed E-state index contributed by atoms with van der Waals surface area (Å²) in [6.07, 6.45) is 0. The predicted molar refractivity (Wildman–Crippen MR) is 141 cm³/mol. The van der Waals surface area contributed by atoms with E-state index < -0.39 is 17.7 Å². The Kier molecular flexibility index (Phi) is 7.44. The van der Waals surface area contributed by atoms with Gasteiger partial charge in [-0.15, -0.1) is 0 Å². The van der Waals surface area contributed by atoms with Gasteiger partial charge >= 0.3 is 0 Å². The number of ketones is 1. The summed E-state index contributed by atoms with van der Waals surface area (Å²) in [5.41, 5.74) is 2.91. The molecule has 0 aromatic heterocycles. The third kappa shape index (κ3) is 4.85. The van der Waals surface area contributed by atoms with Crippen molar-refractivity contribution in [3.63, 3.8) is 0 Å². The molecule has 1 unspecified atom stereocenters. The Hall–Kier alpha value is -4.06. The highest BCUT2D eigenvalue weighted by molar-refractivity contribution is 6.51. The van der Waals surface area contributed by atoms with E-state index in [0.29, 0.717) is 41.9 Å². The highest BCUT2D eigenvalue weighted by Gasteiger charge is 2.47. The molecule has 1 heterocycles. The van der Waals surface area contributed by atoms with Gasteiger partial charge in [-0.05, 0) is 79.4 Å². The Balaban J connectivity index is 1.84. The molecule has 0 spiro atoms. The quantitative estimate of drug-likeness (QED) is 0.232. The molecule has 6 heteroatoms. The minimum Gasteiger partial charge on any atom is -0.507 e. The molecule has 36 heavy (non-hydrogen) atoms. The molecule has 1 N–H and O–H groups in total. The average molecular weight is 486 g/mol. The van der Waals surface area contributed by atoms with Crippen LogP contribution in [-0.4, -0.2) is 30.0 Å². The maximum atomic E-state index is 13.3. The molecule has 1 aliphatic rings. The van der Waals surface area contributed by atoms with Crippen molar-refractivity contribution in [2.24, 2.45) is 0 Å². The Morgan fingerprint density at radius 2 is 1.36 bits per heavy atom. The first-order valence-electron chi connectivity index (χ1n) is 12.2. The zero-order chi connectivity index (χ0) is 25.8. The number of aliphatic hydroxyl groups excluding tert-OH is 1. The third-order valence-corrected chi connectivity index (χ3v) is 6.23. The van der Waals surface area contributed by atoms with Crippen molar-refractivity contribution in [2.45, 2.75) is 39.7 Å². The molecule has 4 rings (SSSR count). The zero-order valence-corrected chi connectivity index (χ0v) is 21.0. The van der Waals surface area contributed by atoms with Gasteiger partial charge in [0, 0.05) is 11.3 Å². The SMILES string of the molecule is CCOc1ccc(/C(O)=C2/C(=O)C(=O)N(c3ccc(OCC)cc3)C2c2ccc(C(C)C)cc2)cc1.